The fourth-order valence-corrected chi connectivity index (χ4v) is 1.47. The first-order chi connectivity index (χ1) is 8.76. The van der Waals surface area contributed by atoms with Gasteiger partial charge in [0.25, 0.3) is 0 Å². The molecule has 0 aliphatic heterocycles. The third-order valence-electron chi connectivity index (χ3n) is 2.50. The van der Waals surface area contributed by atoms with Crippen LogP contribution in [0.1, 0.15) is 6.92 Å². The fraction of sp³-hybridized carbons (Fsp3) is 0.667. The summed E-state index contributed by atoms with van der Waals surface area (Å²) in [5.74, 6) is 1.70. The lowest BCUT2D eigenvalue weighted by Crippen LogP contribution is -2.28. The highest BCUT2D eigenvalue weighted by Crippen LogP contribution is 2.07. The number of nitrogens with one attached hydrogen (secondary N) is 2. The molecule has 0 saturated carbocycles. The van der Waals surface area contributed by atoms with Crippen LogP contribution in [0.5, 0.6) is 0 Å². The van der Waals surface area contributed by atoms with Gasteiger partial charge in [0.15, 0.2) is 0 Å². The van der Waals surface area contributed by atoms with Crippen LogP contribution >= 0.6 is 0 Å². The molecule has 18 heavy (non-hydrogen) atoms. The summed E-state index contributed by atoms with van der Waals surface area (Å²) in [5.41, 5.74) is 0. The highest BCUT2D eigenvalue weighted by Gasteiger charge is 1.99. The molecule has 0 saturated heterocycles. The van der Waals surface area contributed by atoms with Crippen molar-refractivity contribution < 1.29 is 4.74 Å². The molecular weight excluding hydrogens is 230 g/mol. The Labute approximate surface area is 109 Å². The van der Waals surface area contributed by atoms with Gasteiger partial charge in [-0.05, 0) is 14.0 Å². The molecule has 0 bridgehead atoms. The molecule has 0 radical (unpaired) electrons. The second-order valence-corrected chi connectivity index (χ2v) is 4.04. The minimum atomic E-state index is 0.759. The Hall–Kier alpha value is -1.40. The number of nitrogens with zero attached hydrogens (tertiary/aromatic N) is 3. The van der Waals surface area contributed by atoms with Crippen LogP contribution in [0.25, 0.3) is 0 Å². The van der Waals surface area contributed by atoms with Crippen LogP contribution in [-0.2, 0) is 4.74 Å². The third-order valence-corrected chi connectivity index (χ3v) is 2.50. The molecule has 102 valence electrons. The van der Waals surface area contributed by atoms with E-state index in [2.05, 4.69) is 32.5 Å². The summed E-state index contributed by atoms with van der Waals surface area (Å²) >= 11 is 0. The van der Waals surface area contributed by atoms with E-state index in [1.165, 1.54) is 0 Å². The monoisotopic (exact) mass is 253 g/mol. The molecule has 0 atom stereocenters. The summed E-state index contributed by atoms with van der Waals surface area (Å²) in [6.45, 7) is 6.39. The van der Waals surface area contributed by atoms with Gasteiger partial charge in [0.05, 0.1) is 6.61 Å². The maximum absolute atomic E-state index is 5.03. The first-order valence-electron chi connectivity index (χ1n) is 6.23. The van der Waals surface area contributed by atoms with Crippen LogP contribution in [0.15, 0.2) is 12.4 Å². The summed E-state index contributed by atoms with van der Waals surface area (Å²) in [6, 6.07) is 1.92. The zero-order valence-corrected chi connectivity index (χ0v) is 11.4. The standard InChI is InChI=1S/C12H23N5O/c1-4-13-11-9-12(16-10-15-11)14-5-6-17(2)7-8-18-3/h9-10H,4-8H2,1-3H3,(H2,13,14,15,16). The average molecular weight is 253 g/mol. The summed E-state index contributed by atoms with van der Waals surface area (Å²) in [5, 5.41) is 6.43. The molecule has 6 nitrogen and oxygen atoms in total. The molecule has 0 aromatic carbocycles. The topological polar surface area (TPSA) is 62.3 Å². The van der Waals surface area contributed by atoms with Crippen LogP contribution in [0.2, 0.25) is 0 Å². The van der Waals surface area contributed by atoms with Gasteiger partial charge in [0, 0.05) is 39.4 Å². The van der Waals surface area contributed by atoms with E-state index >= 15 is 0 Å². The predicted molar refractivity (Wildman–Crippen MR) is 74.1 cm³/mol. The smallest absolute Gasteiger partial charge is 0.131 e. The molecule has 0 aliphatic rings. The molecule has 0 unspecified atom stereocenters. The van der Waals surface area contributed by atoms with Crippen molar-refractivity contribution in [2.45, 2.75) is 6.92 Å². The van der Waals surface area contributed by atoms with E-state index in [9.17, 15) is 0 Å². The first kappa shape index (κ1) is 14.7. The minimum Gasteiger partial charge on any atom is -0.383 e. The van der Waals surface area contributed by atoms with E-state index in [-0.39, 0.29) is 0 Å². The van der Waals surface area contributed by atoms with E-state index in [4.69, 9.17) is 4.74 Å². The molecule has 0 spiro atoms. The maximum atomic E-state index is 5.03. The van der Waals surface area contributed by atoms with Crippen molar-refractivity contribution in [3.63, 3.8) is 0 Å². The molecule has 6 heteroatoms. The van der Waals surface area contributed by atoms with Crippen molar-refractivity contribution >= 4 is 11.6 Å². The lowest BCUT2D eigenvalue weighted by molar-refractivity contribution is 0.163. The Balaban J connectivity index is 2.28. The molecule has 0 aliphatic carbocycles. The number of methoxy groups -OCH3 is 1. The quantitative estimate of drug-likeness (QED) is 0.682. The second kappa shape index (κ2) is 8.66. The largest absolute Gasteiger partial charge is 0.383 e. The van der Waals surface area contributed by atoms with E-state index in [1.807, 2.05) is 13.0 Å². The normalized spacial score (nSPS) is 10.7. The van der Waals surface area contributed by atoms with E-state index < -0.39 is 0 Å². The summed E-state index contributed by atoms with van der Waals surface area (Å²) in [7, 11) is 3.79. The Morgan fingerprint density at radius 2 is 1.94 bits per heavy atom. The van der Waals surface area contributed by atoms with Crippen molar-refractivity contribution in [3.05, 3.63) is 12.4 Å². The highest BCUT2D eigenvalue weighted by atomic mass is 16.5. The zero-order chi connectivity index (χ0) is 13.2. The molecule has 1 heterocycles. The van der Waals surface area contributed by atoms with E-state index in [1.54, 1.807) is 13.4 Å². The van der Waals surface area contributed by atoms with Gasteiger partial charge in [-0.3, -0.25) is 0 Å². The number of hydrogen-bond acceptors (Lipinski definition) is 6. The Morgan fingerprint density at radius 1 is 1.22 bits per heavy atom. The van der Waals surface area contributed by atoms with Gasteiger partial charge in [-0.2, -0.15) is 0 Å². The Morgan fingerprint density at radius 3 is 2.61 bits per heavy atom. The van der Waals surface area contributed by atoms with Crippen LogP contribution in [0.4, 0.5) is 11.6 Å². The SMILES string of the molecule is CCNc1cc(NCCN(C)CCOC)ncn1. The van der Waals surface area contributed by atoms with Gasteiger partial charge in [-0.1, -0.05) is 0 Å². The number of likely N-dealkylation sites (N-methyl/N-ethyl adjacent to an activating group) is 1. The number of aromatic nitrogens is 2. The summed E-state index contributed by atoms with van der Waals surface area (Å²) in [4.78, 5) is 10.5. The van der Waals surface area contributed by atoms with Gasteiger partial charge in [0.2, 0.25) is 0 Å². The average Bonchev–Trinajstić information content (AvgIpc) is 2.37. The molecular formula is C12H23N5O. The van der Waals surface area contributed by atoms with Crippen LogP contribution in [-0.4, -0.2) is 61.8 Å². The number of ether oxygens (including phenoxy) is 1. The summed E-state index contributed by atoms with van der Waals surface area (Å²) < 4.78 is 5.03. The van der Waals surface area contributed by atoms with Gasteiger partial charge in [-0.25, -0.2) is 9.97 Å². The molecule has 1 rings (SSSR count). The van der Waals surface area contributed by atoms with Crippen molar-refractivity contribution in [3.8, 4) is 0 Å². The lowest BCUT2D eigenvalue weighted by atomic mass is 10.4. The van der Waals surface area contributed by atoms with E-state index in [0.717, 1.165) is 44.4 Å². The van der Waals surface area contributed by atoms with Crippen LogP contribution < -0.4 is 10.6 Å². The van der Waals surface area contributed by atoms with Crippen molar-refractivity contribution in [2.24, 2.45) is 0 Å². The van der Waals surface area contributed by atoms with E-state index in [0.29, 0.717) is 0 Å². The molecule has 0 fully saturated rings. The van der Waals surface area contributed by atoms with Crippen molar-refractivity contribution in [1.82, 2.24) is 14.9 Å². The summed E-state index contributed by atoms with van der Waals surface area (Å²) in [6.07, 6.45) is 1.56. The third kappa shape index (κ3) is 5.79. The minimum absolute atomic E-state index is 0.759. The lowest BCUT2D eigenvalue weighted by Gasteiger charge is -2.16. The molecule has 0 amide bonds. The molecule has 1 aromatic rings. The van der Waals surface area contributed by atoms with Gasteiger partial charge < -0.3 is 20.3 Å². The first-order valence-corrected chi connectivity index (χ1v) is 6.23. The maximum Gasteiger partial charge on any atom is 0.131 e. The van der Waals surface area contributed by atoms with Crippen molar-refractivity contribution in [2.75, 3.05) is 57.6 Å². The van der Waals surface area contributed by atoms with Gasteiger partial charge in [-0.15, -0.1) is 0 Å². The predicted octanol–water partition coefficient (Wildman–Crippen LogP) is 0.898. The van der Waals surface area contributed by atoms with Gasteiger partial charge >= 0.3 is 0 Å². The number of anilines is 2. The van der Waals surface area contributed by atoms with Crippen molar-refractivity contribution in [1.29, 1.82) is 0 Å². The zero-order valence-electron chi connectivity index (χ0n) is 11.4. The number of rotatable bonds is 9. The number of hydrogen-bond donors (Lipinski definition) is 2. The molecule has 1 aromatic heterocycles. The highest BCUT2D eigenvalue weighted by molar-refractivity contribution is 5.46. The molecule has 2 N–H and O–H groups in total. The van der Waals surface area contributed by atoms with Crippen LogP contribution in [0.3, 0.4) is 0 Å². The fourth-order valence-electron chi connectivity index (χ4n) is 1.47. The second-order valence-electron chi connectivity index (χ2n) is 4.04. The Bertz CT molecular complexity index is 334. The van der Waals surface area contributed by atoms with Gasteiger partial charge in [0.1, 0.15) is 18.0 Å². The van der Waals surface area contributed by atoms with Crippen LogP contribution in [0, 0.1) is 0 Å². The Kier molecular flexibility index (Phi) is 7.05.